The van der Waals surface area contributed by atoms with Gasteiger partial charge in [-0.15, -0.1) is 0 Å². The van der Waals surface area contributed by atoms with E-state index in [9.17, 15) is 14.0 Å². The third-order valence-corrected chi connectivity index (χ3v) is 3.61. The molecule has 0 fully saturated rings. The molecule has 0 atom stereocenters. The molecule has 1 heterocycles. The van der Waals surface area contributed by atoms with Gasteiger partial charge in [-0.25, -0.2) is 13.8 Å². The fraction of sp³-hybridized carbons (Fsp3) is 0.231. The van der Waals surface area contributed by atoms with Crippen molar-refractivity contribution in [3.63, 3.8) is 0 Å². The fourth-order valence-electron chi connectivity index (χ4n) is 1.89. The van der Waals surface area contributed by atoms with E-state index in [0.717, 1.165) is 4.57 Å². The van der Waals surface area contributed by atoms with E-state index in [1.807, 2.05) is 6.92 Å². The van der Waals surface area contributed by atoms with E-state index in [4.69, 9.17) is 11.6 Å². The van der Waals surface area contributed by atoms with Crippen molar-refractivity contribution in [1.82, 2.24) is 9.55 Å². The van der Waals surface area contributed by atoms with Crippen molar-refractivity contribution in [2.45, 2.75) is 19.8 Å². The Balaban J connectivity index is 2.77. The summed E-state index contributed by atoms with van der Waals surface area (Å²) in [5.41, 5.74) is -1.19. The molecule has 0 aliphatic rings. The first-order valence-corrected chi connectivity index (χ1v) is 7.12. The molecule has 0 saturated heterocycles. The molecule has 2 aromatic rings. The molecule has 0 amide bonds. The molecule has 0 radical (unpaired) electrons. The van der Waals surface area contributed by atoms with E-state index in [2.05, 4.69) is 20.9 Å². The summed E-state index contributed by atoms with van der Waals surface area (Å²) in [6, 6.07) is 4.10. The van der Waals surface area contributed by atoms with Gasteiger partial charge in [-0.05, 0) is 24.6 Å². The third kappa shape index (κ3) is 2.71. The van der Waals surface area contributed by atoms with Crippen molar-refractivity contribution >= 4 is 27.5 Å². The smallest absolute Gasteiger partial charge is 0.297 e. The van der Waals surface area contributed by atoms with Crippen LogP contribution in [0.3, 0.4) is 0 Å². The summed E-state index contributed by atoms with van der Waals surface area (Å²) in [7, 11) is 0. The molecule has 1 N–H and O–H groups in total. The minimum absolute atomic E-state index is 0.00983. The zero-order valence-electron chi connectivity index (χ0n) is 10.5. The lowest BCUT2D eigenvalue weighted by molar-refractivity contribution is 0.610. The van der Waals surface area contributed by atoms with Crippen molar-refractivity contribution in [3.8, 4) is 5.69 Å². The summed E-state index contributed by atoms with van der Waals surface area (Å²) in [4.78, 5) is 26.6. The topological polar surface area (TPSA) is 54.9 Å². The average molecular weight is 362 g/mol. The van der Waals surface area contributed by atoms with Gasteiger partial charge in [0.05, 0.1) is 11.3 Å². The zero-order valence-corrected chi connectivity index (χ0v) is 12.9. The molecule has 2 rings (SSSR count). The molecule has 0 aliphatic heterocycles. The number of rotatable bonds is 3. The maximum atomic E-state index is 13.9. The van der Waals surface area contributed by atoms with Crippen LogP contribution in [0.4, 0.5) is 4.39 Å². The number of aromatic nitrogens is 2. The second kappa shape index (κ2) is 5.93. The molecular formula is C13H11BrClFN2O2. The maximum Gasteiger partial charge on any atom is 0.334 e. The minimum atomic E-state index is -0.763. The third-order valence-electron chi connectivity index (χ3n) is 2.80. The normalized spacial score (nSPS) is 10.8. The van der Waals surface area contributed by atoms with Gasteiger partial charge in [0.2, 0.25) is 0 Å². The van der Waals surface area contributed by atoms with Gasteiger partial charge in [0.25, 0.3) is 5.56 Å². The molecular weight excluding hydrogens is 351 g/mol. The quantitative estimate of drug-likeness (QED) is 0.854. The van der Waals surface area contributed by atoms with Crippen LogP contribution >= 0.6 is 27.5 Å². The predicted molar refractivity (Wildman–Crippen MR) is 79.3 cm³/mol. The standard InChI is InChI=1S/C13H11BrClFN2O2/c1-2-3-8-11(15)17-13(20)18(12(8)19)10-5-4-7(14)6-9(10)16/h4-6H,2-3H2,1H3,(H,17,20). The monoisotopic (exact) mass is 360 g/mol. The highest BCUT2D eigenvalue weighted by Gasteiger charge is 2.16. The number of halogens is 3. The summed E-state index contributed by atoms with van der Waals surface area (Å²) in [5.74, 6) is -0.670. The van der Waals surface area contributed by atoms with Crippen LogP contribution in [-0.2, 0) is 6.42 Å². The molecule has 0 unspecified atom stereocenters. The molecule has 0 spiro atoms. The van der Waals surface area contributed by atoms with Crippen LogP contribution in [0.25, 0.3) is 5.69 Å². The Kier molecular flexibility index (Phi) is 4.45. The first-order chi connectivity index (χ1) is 9.45. The molecule has 0 saturated carbocycles. The SMILES string of the molecule is CCCc1c(Cl)[nH]c(=O)n(-c2ccc(Br)cc2F)c1=O. The second-order valence-electron chi connectivity index (χ2n) is 4.21. The van der Waals surface area contributed by atoms with Crippen molar-refractivity contribution < 1.29 is 4.39 Å². The molecule has 0 bridgehead atoms. The van der Waals surface area contributed by atoms with Gasteiger partial charge in [-0.1, -0.05) is 40.9 Å². The Morgan fingerprint density at radius 3 is 2.70 bits per heavy atom. The molecule has 0 aliphatic carbocycles. The molecule has 106 valence electrons. The number of benzene rings is 1. The van der Waals surface area contributed by atoms with Gasteiger partial charge in [0.1, 0.15) is 11.0 Å². The van der Waals surface area contributed by atoms with Crippen LogP contribution in [0, 0.1) is 5.82 Å². The van der Waals surface area contributed by atoms with Crippen LogP contribution in [0.2, 0.25) is 5.15 Å². The Morgan fingerprint density at radius 2 is 2.10 bits per heavy atom. The predicted octanol–water partition coefficient (Wildman–Crippen LogP) is 3.03. The van der Waals surface area contributed by atoms with Crippen LogP contribution in [0.15, 0.2) is 32.3 Å². The van der Waals surface area contributed by atoms with Gasteiger partial charge in [0.15, 0.2) is 0 Å². The van der Waals surface area contributed by atoms with E-state index in [1.54, 1.807) is 6.07 Å². The van der Waals surface area contributed by atoms with E-state index in [-0.39, 0.29) is 16.4 Å². The molecule has 4 nitrogen and oxygen atoms in total. The van der Waals surface area contributed by atoms with E-state index >= 15 is 0 Å². The van der Waals surface area contributed by atoms with Crippen molar-refractivity contribution in [1.29, 1.82) is 0 Å². The lowest BCUT2D eigenvalue weighted by atomic mass is 10.2. The highest BCUT2D eigenvalue weighted by molar-refractivity contribution is 9.10. The fourth-order valence-corrected chi connectivity index (χ4v) is 2.48. The average Bonchev–Trinajstić information content (AvgIpc) is 2.37. The summed E-state index contributed by atoms with van der Waals surface area (Å²) in [6.45, 7) is 1.88. The number of hydrogen-bond acceptors (Lipinski definition) is 2. The summed E-state index contributed by atoms with van der Waals surface area (Å²) in [6.07, 6.45) is 1.09. The van der Waals surface area contributed by atoms with Gasteiger partial charge in [0, 0.05) is 4.47 Å². The first kappa shape index (κ1) is 15.0. The second-order valence-corrected chi connectivity index (χ2v) is 5.50. The van der Waals surface area contributed by atoms with Crippen LogP contribution in [0.1, 0.15) is 18.9 Å². The lowest BCUT2D eigenvalue weighted by Gasteiger charge is -2.09. The molecule has 1 aromatic heterocycles. The number of hydrogen-bond donors (Lipinski definition) is 1. The lowest BCUT2D eigenvalue weighted by Crippen LogP contribution is -2.36. The van der Waals surface area contributed by atoms with Gasteiger partial charge in [-0.2, -0.15) is 0 Å². The zero-order chi connectivity index (χ0) is 14.9. The highest BCUT2D eigenvalue weighted by atomic mass is 79.9. The number of nitrogens with one attached hydrogen (secondary N) is 1. The summed E-state index contributed by atoms with van der Waals surface area (Å²) >= 11 is 8.99. The van der Waals surface area contributed by atoms with Crippen molar-refractivity contribution in [2.24, 2.45) is 0 Å². The largest absolute Gasteiger partial charge is 0.334 e. The van der Waals surface area contributed by atoms with Crippen molar-refractivity contribution in [3.05, 3.63) is 60.0 Å². The Hall–Kier alpha value is -1.40. The van der Waals surface area contributed by atoms with E-state index < -0.39 is 17.1 Å². The summed E-state index contributed by atoms with van der Waals surface area (Å²) < 4.78 is 15.2. The number of nitrogens with zero attached hydrogens (tertiary/aromatic N) is 1. The minimum Gasteiger partial charge on any atom is -0.297 e. The highest BCUT2D eigenvalue weighted by Crippen LogP contribution is 2.17. The number of H-pyrrole nitrogens is 1. The van der Waals surface area contributed by atoms with Gasteiger partial charge >= 0.3 is 5.69 Å². The number of aromatic amines is 1. The molecule has 1 aromatic carbocycles. The molecule has 7 heteroatoms. The summed E-state index contributed by atoms with van der Waals surface area (Å²) in [5, 5.41) is 0.00983. The van der Waals surface area contributed by atoms with Gasteiger partial charge in [-0.3, -0.25) is 9.78 Å². The molecule has 20 heavy (non-hydrogen) atoms. The van der Waals surface area contributed by atoms with Crippen LogP contribution < -0.4 is 11.2 Å². The van der Waals surface area contributed by atoms with Crippen LogP contribution in [-0.4, -0.2) is 9.55 Å². The Bertz CT molecular complexity index is 770. The maximum absolute atomic E-state index is 13.9. The van der Waals surface area contributed by atoms with Crippen molar-refractivity contribution in [2.75, 3.05) is 0 Å². The van der Waals surface area contributed by atoms with E-state index in [0.29, 0.717) is 17.3 Å². The Morgan fingerprint density at radius 1 is 1.40 bits per heavy atom. The van der Waals surface area contributed by atoms with Crippen LogP contribution in [0.5, 0.6) is 0 Å². The first-order valence-electron chi connectivity index (χ1n) is 5.94. The van der Waals surface area contributed by atoms with Gasteiger partial charge < -0.3 is 0 Å². The Labute approximate surface area is 127 Å². The van der Waals surface area contributed by atoms with E-state index in [1.165, 1.54) is 12.1 Å².